The summed E-state index contributed by atoms with van der Waals surface area (Å²) in [6.07, 6.45) is 12.0. The summed E-state index contributed by atoms with van der Waals surface area (Å²) in [5.74, 6) is 0.397. The van der Waals surface area contributed by atoms with E-state index in [9.17, 15) is 9.59 Å². The maximum Gasteiger partial charge on any atom is 0.220 e. The van der Waals surface area contributed by atoms with Crippen LogP contribution in [0.25, 0.3) is 5.52 Å². The van der Waals surface area contributed by atoms with Gasteiger partial charge in [-0.1, -0.05) is 12.5 Å². The number of piperidine rings is 1. The van der Waals surface area contributed by atoms with Gasteiger partial charge in [-0.2, -0.15) is 0 Å². The summed E-state index contributed by atoms with van der Waals surface area (Å²) in [5, 5.41) is 3.10. The van der Waals surface area contributed by atoms with Crippen molar-refractivity contribution in [1.82, 2.24) is 14.6 Å². The predicted octanol–water partition coefficient (Wildman–Crippen LogP) is 2.95. The summed E-state index contributed by atoms with van der Waals surface area (Å²) >= 11 is 0. The molecule has 6 heteroatoms. The maximum atomic E-state index is 12.5. The van der Waals surface area contributed by atoms with E-state index in [1.54, 1.807) is 0 Å². The first-order chi connectivity index (χ1) is 14.2. The van der Waals surface area contributed by atoms with E-state index in [0.717, 1.165) is 49.9 Å². The van der Waals surface area contributed by atoms with Crippen molar-refractivity contribution in [3.8, 4) is 0 Å². The number of ketones is 1. The van der Waals surface area contributed by atoms with Gasteiger partial charge in [-0.25, -0.2) is 0 Å². The molecule has 3 N–H and O–H groups in total. The molecule has 2 aromatic heterocycles. The number of pyridine rings is 1. The molecule has 1 fully saturated rings. The Morgan fingerprint density at radius 1 is 1.03 bits per heavy atom. The van der Waals surface area contributed by atoms with E-state index in [1.165, 1.54) is 43.5 Å². The molecule has 6 nitrogen and oxygen atoms in total. The summed E-state index contributed by atoms with van der Waals surface area (Å²) < 4.78 is 2.05. The first kappa shape index (κ1) is 22.5. The number of hydrogen-bond acceptors (Lipinski definition) is 3. The number of nitrogens with one attached hydrogen (secondary N) is 1. The average Bonchev–Trinajstić information content (AvgIpc) is 3.07. The lowest BCUT2D eigenvalue weighted by Gasteiger charge is -2.26. The largest absolute Gasteiger partial charge is 0.412 e. The summed E-state index contributed by atoms with van der Waals surface area (Å²) in [5.41, 5.74) is 4.41. The molecule has 2 aliphatic rings. The van der Waals surface area contributed by atoms with E-state index in [2.05, 4.69) is 20.7 Å². The highest BCUT2D eigenvalue weighted by Gasteiger charge is 2.25. The van der Waals surface area contributed by atoms with Crippen LogP contribution >= 0.6 is 0 Å². The third-order valence-electron chi connectivity index (χ3n) is 6.43. The molecular formula is C24H35N3O3. The zero-order valence-corrected chi connectivity index (χ0v) is 17.9. The molecule has 0 saturated carbocycles. The second kappa shape index (κ2) is 10.7. The van der Waals surface area contributed by atoms with E-state index >= 15 is 0 Å². The van der Waals surface area contributed by atoms with Crippen LogP contribution in [0.15, 0.2) is 24.4 Å². The normalized spacial score (nSPS) is 16.9. The molecule has 1 saturated heterocycles. The number of unbranched alkanes of at least 4 members (excludes halogenated alkanes) is 1. The molecule has 164 valence electrons. The molecule has 2 aromatic rings. The SMILES string of the molecule is O.O=C(CCCCN1CCCCC1)NCCc1c2c(n3ccccc13)C(=O)CCC2. The number of aromatic nitrogens is 1. The number of hydrogen-bond donors (Lipinski definition) is 1. The number of carbonyl (C=O) groups excluding carboxylic acids is 2. The van der Waals surface area contributed by atoms with Crippen LogP contribution in [-0.4, -0.2) is 52.6 Å². The number of amides is 1. The van der Waals surface area contributed by atoms with Crippen LogP contribution in [0.3, 0.4) is 0 Å². The van der Waals surface area contributed by atoms with Gasteiger partial charge in [-0.05, 0) is 87.8 Å². The Kier molecular flexibility index (Phi) is 8.05. The minimum absolute atomic E-state index is 0. The predicted molar refractivity (Wildman–Crippen MR) is 119 cm³/mol. The zero-order chi connectivity index (χ0) is 20.1. The summed E-state index contributed by atoms with van der Waals surface area (Å²) in [6, 6.07) is 6.09. The van der Waals surface area contributed by atoms with Crippen LogP contribution in [0.1, 0.15) is 73.0 Å². The van der Waals surface area contributed by atoms with Gasteiger partial charge in [0.05, 0.1) is 5.69 Å². The monoisotopic (exact) mass is 413 g/mol. The molecule has 0 aromatic carbocycles. The van der Waals surface area contributed by atoms with Gasteiger partial charge in [0.25, 0.3) is 0 Å². The Bertz CT molecular complexity index is 868. The van der Waals surface area contributed by atoms with Crippen molar-refractivity contribution in [2.75, 3.05) is 26.2 Å². The highest BCUT2D eigenvalue weighted by molar-refractivity contribution is 5.99. The standard InChI is InChI=1S/C24H33N3O2.H2O/c28-22-11-8-9-20-19(21-10-2-7-18-27(21)24(20)22)13-14-25-23(29)12-3-6-17-26-15-4-1-5-16-26;/h2,7,10,18H,1,3-6,8-9,11-17H2,(H,25,29);1H2. The van der Waals surface area contributed by atoms with E-state index in [1.807, 2.05) is 18.3 Å². The van der Waals surface area contributed by atoms with Crippen molar-refractivity contribution in [3.05, 3.63) is 41.2 Å². The maximum absolute atomic E-state index is 12.5. The summed E-state index contributed by atoms with van der Waals surface area (Å²) in [4.78, 5) is 27.2. The molecule has 0 unspecified atom stereocenters. The topological polar surface area (TPSA) is 85.3 Å². The molecule has 1 aliphatic carbocycles. The van der Waals surface area contributed by atoms with Crippen molar-refractivity contribution >= 4 is 17.2 Å². The minimum Gasteiger partial charge on any atom is -0.412 e. The third-order valence-corrected chi connectivity index (χ3v) is 6.43. The second-order valence-electron chi connectivity index (χ2n) is 8.50. The summed E-state index contributed by atoms with van der Waals surface area (Å²) in [6.45, 7) is 4.22. The number of nitrogens with zero attached hydrogens (tertiary/aromatic N) is 2. The molecule has 4 rings (SSSR count). The van der Waals surface area contributed by atoms with Crippen molar-refractivity contribution < 1.29 is 15.1 Å². The Labute approximate surface area is 178 Å². The highest BCUT2D eigenvalue weighted by Crippen LogP contribution is 2.30. The second-order valence-corrected chi connectivity index (χ2v) is 8.50. The minimum atomic E-state index is 0. The molecule has 1 amide bonds. The van der Waals surface area contributed by atoms with E-state index in [4.69, 9.17) is 0 Å². The van der Waals surface area contributed by atoms with Crippen LogP contribution < -0.4 is 5.32 Å². The lowest BCUT2D eigenvalue weighted by molar-refractivity contribution is -0.121. The van der Waals surface area contributed by atoms with Gasteiger partial charge >= 0.3 is 0 Å². The zero-order valence-electron chi connectivity index (χ0n) is 17.9. The number of likely N-dealkylation sites (tertiary alicyclic amines) is 1. The fraction of sp³-hybridized carbons (Fsp3) is 0.583. The van der Waals surface area contributed by atoms with E-state index in [0.29, 0.717) is 19.4 Å². The lowest BCUT2D eigenvalue weighted by Crippen LogP contribution is -2.31. The van der Waals surface area contributed by atoms with E-state index in [-0.39, 0.29) is 17.2 Å². The van der Waals surface area contributed by atoms with Crippen LogP contribution in [0.5, 0.6) is 0 Å². The number of rotatable bonds is 8. The first-order valence-corrected chi connectivity index (χ1v) is 11.4. The smallest absolute Gasteiger partial charge is 0.220 e. The average molecular weight is 414 g/mol. The van der Waals surface area contributed by atoms with Crippen molar-refractivity contribution in [1.29, 1.82) is 0 Å². The summed E-state index contributed by atoms with van der Waals surface area (Å²) in [7, 11) is 0. The van der Waals surface area contributed by atoms with Crippen molar-refractivity contribution in [2.24, 2.45) is 0 Å². The molecule has 1 aliphatic heterocycles. The molecule has 0 bridgehead atoms. The lowest BCUT2D eigenvalue weighted by atomic mass is 9.92. The Balaban J connectivity index is 0.00000256. The molecule has 30 heavy (non-hydrogen) atoms. The van der Waals surface area contributed by atoms with Gasteiger partial charge in [0.15, 0.2) is 5.78 Å². The Morgan fingerprint density at radius 2 is 1.87 bits per heavy atom. The van der Waals surface area contributed by atoms with Crippen LogP contribution in [0.4, 0.5) is 0 Å². The van der Waals surface area contributed by atoms with Gasteiger partial charge in [-0.3, -0.25) is 9.59 Å². The van der Waals surface area contributed by atoms with Crippen LogP contribution in [0, 0.1) is 0 Å². The van der Waals surface area contributed by atoms with Crippen molar-refractivity contribution in [2.45, 2.75) is 64.2 Å². The molecule has 0 spiro atoms. The first-order valence-electron chi connectivity index (χ1n) is 11.4. The Hall–Kier alpha value is -2.18. The van der Waals surface area contributed by atoms with Gasteiger partial charge in [0, 0.05) is 31.1 Å². The van der Waals surface area contributed by atoms with Crippen LogP contribution in [0.2, 0.25) is 0 Å². The molecule has 0 radical (unpaired) electrons. The fourth-order valence-corrected chi connectivity index (χ4v) is 4.94. The van der Waals surface area contributed by atoms with Gasteiger partial charge in [-0.15, -0.1) is 0 Å². The third kappa shape index (κ3) is 5.10. The van der Waals surface area contributed by atoms with Gasteiger partial charge in [0.1, 0.15) is 0 Å². The molecule has 3 heterocycles. The van der Waals surface area contributed by atoms with Crippen LogP contribution in [-0.2, 0) is 17.6 Å². The number of Topliss-reactive ketones (excluding diaryl/α,β-unsaturated/α-hetero) is 1. The van der Waals surface area contributed by atoms with Gasteiger partial charge in [0.2, 0.25) is 5.91 Å². The molecule has 0 atom stereocenters. The highest BCUT2D eigenvalue weighted by atomic mass is 16.1. The number of carbonyl (C=O) groups is 2. The Morgan fingerprint density at radius 3 is 2.70 bits per heavy atom. The fourth-order valence-electron chi connectivity index (χ4n) is 4.94. The quantitative estimate of drug-likeness (QED) is 0.675. The number of fused-ring (bicyclic) bond motifs is 3. The van der Waals surface area contributed by atoms with Gasteiger partial charge < -0.3 is 20.1 Å². The van der Waals surface area contributed by atoms with E-state index < -0.39 is 0 Å². The molecular weight excluding hydrogens is 378 g/mol. The van der Waals surface area contributed by atoms with Crippen molar-refractivity contribution in [3.63, 3.8) is 0 Å².